The Morgan fingerprint density at radius 3 is 2.55 bits per heavy atom. The van der Waals surface area contributed by atoms with Gasteiger partial charge in [0.25, 0.3) is 0 Å². The normalized spacial score (nSPS) is 14.5. The van der Waals surface area contributed by atoms with Gasteiger partial charge in [0.1, 0.15) is 10.8 Å². The summed E-state index contributed by atoms with van der Waals surface area (Å²) in [7, 11) is 0. The van der Waals surface area contributed by atoms with Crippen LogP contribution in [0.15, 0.2) is 47.5 Å². The minimum atomic E-state index is -0.779. The molecule has 1 saturated heterocycles. The molecule has 0 radical (unpaired) electrons. The van der Waals surface area contributed by atoms with Crippen LogP contribution in [-0.2, 0) is 4.79 Å². The van der Waals surface area contributed by atoms with E-state index in [4.69, 9.17) is 26.4 Å². The minimum absolute atomic E-state index is 0.0214. The maximum atomic E-state index is 11.1. The zero-order valence-electron chi connectivity index (χ0n) is 23.7. The largest absolute Gasteiger partial charge is 0.489 e. The van der Waals surface area contributed by atoms with E-state index in [1.165, 1.54) is 5.56 Å². The molecule has 0 amide bonds. The number of anilines is 4. The molecule has 8 nitrogen and oxygen atoms in total. The number of carboxylic acids is 1. The molecule has 0 bridgehead atoms. The summed E-state index contributed by atoms with van der Waals surface area (Å²) in [6.07, 6.45) is 3.39. The van der Waals surface area contributed by atoms with Crippen molar-refractivity contribution in [2.24, 2.45) is 0 Å². The van der Waals surface area contributed by atoms with Gasteiger partial charge in [-0.05, 0) is 88.0 Å². The number of hydrogen-bond acceptors (Lipinski definition) is 8. The molecule has 1 aliphatic heterocycles. The van der Waals surface area contributed by atoms with Gasteiger partial charge in [-0.15, -0.1) is 11.8 Å². The molecule has 2 aromatic carbocycles. The number of rotatable bonds is 11. The van der Waals surface area contributed by atoms with Crippen molar-refractivity contribution in [3.05, 3.63) is 58.7 Å². The molecule has 1 fully saturated rings. The Bertz CT molecular complexity index is 1330. The summed E-state index contributed by atoms with van der Waals surface area (Å²) in [5.41, 5.74) is 4.09. The second-order valence-corrected chi connectivity index (χ2v) is 12.6. The third kappa shape index (κ3) is 8.02. The van der Waals surface area contributed by atoms with E-state index in [1.807, 2.05) is 36.9 Å². The lowest BCUT2D eigenvalue weighted by Crippen LogP contribution is -2.36. The molecule has 3 aromatic rings. The number of benzene rings is 2. The number of aryl methyl sites for hydroxylation is 1. The molecule has 214 valence electrons. The van der Waals surface area contributed by atoms with E-state index in [2.05, 4.69) is 54.6 Å². The van der Waals surface area contributed by atoms with Gasteiger partial charge in [-0.1, -0.05) is 37.6 Å². The average Bonchev–Trinajstić information content (AvgIpc) is 2.88. The van der Waals surface area contributed by atoms with E-state index in [9.17, 15) is 4.79 Å². The number of nitrogens with zero attached hydrogens (tertiary/aromatic N) is 3. The second-order valence-electron chi connectivity index (χ2n) is 10.6. The highest BCUT2D eigenvalue weighted by molar-refractivity contribution is 8.00. The SMILES string of the molecule is Cc1cc(Nc2ncc(Cl)c(Nc3ccccc3SC(C)C)n2)c(OC(C)C)cc1C1CCN(CC(=O)O)CC1. The average molecular weight is 584 g/mol. The highest BCUT2D eigenvalue weighted by Crippen LogP contribution is 2.38. The van der Waals surface area contributed by atoms with Crippen molar-refractivity contribution in [3.8, 4) is 5.75 Å². The number of hydrogen-bond donors (Lipinski definition) is 3. The van der Waals surface area contributed by atoms with Crippen LogP contribution in [0, 0.1) is 6.92 Å². The molecule has 1 aromatic heterocycles. The molecular formula is C30H38ClN5O3S. The van der Waals surface area contributed by atoms with Crippen LogP contribution in [0.3, 0.4) is 0 Å². The van der Waals surface area contributed by atoms with Crippen molar-refractivity contribution in [2.75, 3.05) is 30.3 Å². The number of para-hydroxylation sites is 1. The lowest BCUT2D eigenvalue weighted by molar-refractivity contribution is -0.138. The summed E-state index contributed by atoms with van der Waals surface area (Å²) < 4.78 is 6.23. The Morgan fingerprint density at radius 2 is 1.88 bits per heavy atom. The number of aliphatic carboxylic acids is 1. The number of halogens is 1. The minimum Gasteiger partial charge on any atom is -0.489 e. The monoisotopic (exact) mass is 583 g/mol. The number of nitrogens with one attached hydrogen (secondary N) is 2. The Kier molecular flexibility index (Phi) is 10.2. The lowest BCUT2D eigenvalue weighted by atomic mass is 9.86. The number of ether oxygens (including phenoxy) is 1. The summed E-state index contributed by atoms with van der Waals surface area (Å²) >= 11 is 8.27. The number of carboxylic acid groups (broad SMARTS) is 1. The summed E-state index contributed by atoms with van der Waals surface area (Å²) in [5, 5.41) is 16.7. The molecule has 0 atom stereocenters. The number of likely N-dealkylation sites (tertiary alicyclic amines) is 1. The van der Waals surface area contributed by atoms with Crippen LogP contribution >= 0.6 is 23.4 Å². The zero-order valence-corrected chi connectivity index (χ0v) is 25.3. The van der Waals surface area contributed by atoms with Crippen molar-refractivity contribution >= 4 is 52.5 Å². The van der Waals surface area contributed by atoms with Crippen molar-refractivity contribution in [1.29, 1.82) is 0 Å². The smallest absolute Gasteiger partial charge is 0.317 e. The highest BCUT2D eigenvalue weighted by Gasteiger charge is 2.25. The Labute approximate surface area is 245 Å². The van der Waals surface area contributed by atoms with E-state index in [1.54, 1.807) is 18.0 Å². The van der Waals surface area contributed by atoms with E-state index >= 15 is 0 Å². The van der Waals surface area contributed by atoms with E-state index in [-0.39, 0.29) is 12.6 Å². The van der Waals surface area contributed by atoms with E-state index in [0.29, 0.717) is 28.0 Å². The van der Waals surface area contributed by atoms with Crippen LogP contribution in [0.5, 0.6) is 5.75 Å². The van der Waals surface area contributed by atoms with Crippen LogP contribution in [0.1, 0.15) is 57.6 Å². The second kappa shape index (κ2) is 13.6. The molecule has 40 heavy (non-hydrogen) atoms. The van der Waals surface area contributed by atoms with Crippen molar-refractivity contribution < 1.29 is 14.6 Å². The van der Waals surface area contributed by atoms with Crippen LogP contribution in [0.2, 0.25) is 5.02 Å². The molecular weight excluding hydrogens is 546 g/mol. The first-order valence-electron chi connectivity index (χ1n) is 13.7. The Morgan fingerprint density at radius 1 is 1.15 bits per heavy atom. The van der Waals surface area contributed by atoms with Crippen LogP contribution < -0.4 is 15.4 Å². The van der Waals surface area contributed by atoms with Crippen molar-refractivity contribution in [3.63, 3.8) is 0 Å². The van der Waals surface area contributed by atoms with Gasteiger partial charge in [0.05, 0.1) is 30.2 Å². The third-order valence-corrected chi connectivity index (χ3v) is 7.97. The Balaban J connectivity index is 1.57. The summed E-state index contributed by atoms with van der Waals surface area (Å²) in [5.74, 6) is 1.22. The fourth-order valence-corrected chi connectivity index (χ4v) is 5.93. The van der Waals surface area contributed by atoms with Crippen LogP contribution in [-0.4, -0.2) is 56.9 Å². The molecule has 4 rings (SSSR count). The van der Waals surface area contributed by atoms with Crippen molar-refractivity contribution in [2.45, 2.75) is 69.6 Å². The maximum Gasteiger partial charge on any atom is 0.317 e. The molecule has 1 aliphatic rings. The van der Waals surface area contributed by atoms with E-state index in [0.717, 1.165) is 53.5 Å². The molecule has 0 unspecified atom stereocenters. The molecule has 0 spiro atoms. The Hall–Kier alpha value is -3.01. The molecule has 3 N–H and O–H groups in total. The van der Waals surface area contributed by atoms with Gasteiger partial charge in [-0.2, -0.15) is 4.98 Å². The number of thioether (sulfide) groups is 1. The first-order valence-corrected chi connectivity index (χ1v) is 14.9. The topological polar surface area (TPSA) is 99.6 Å². The van der Waals surface area contributed by atoms with Gasteiger partial charge in [-0.25, -0.2) is 4.98 Å². The maximum absolute atomic E-state index is 11.1. The fraction of sp³-hybridized carbons (Fsp3) is 0.433. The predicted octanol–water partition coefficient (Wildman–Crippen LogP) is 7.48. The first kappa shape index (κ1) is 30.0. The summed E-state index contributed by atoms with van der Waals surface area (Å²) in [4.78, 5) is 23.3. The van der Waals surface area contributed by atoms with Gasteiger partial charge >= 0.3 is 5.97 Å². The van der Waals surface area contributed by atoms with Gasteiger partial charge in [0.15, 0.2) is 5.82 Å². The molecule has 0 aliphatic carbocycles. The van der Waals surface area contributed by atoms with Gasteiger partial charge in [-0.3, -0.25) is 9.69 Å². The predicted molar refractivity (Wildman–Crippen MR) is 164 cm³/mol. The van der Waals surface area contributed by atoms with Crippen LogP contribution in [0.4, 0.5) is 23.1 Å². The molecule has 10 heteroatoms. The third-order valence-electron chi connectivity index (χ3n) is 6.61. The standard InChI is InChI=1S/C30H38ClN5O3S/c1-18(2)39-26-15-22(21-10-12-36(13-11-21)17-28(37)38)20(5)14-25(26)34-30-32-16-23(31)29(35-30)33-24-8-6-7-9-27(24)40-19(3)4/h6-9,14-16,18-19,21H,10-13,17H2,1-5H3,(H,37,38)(H2,32,33,34,35). The quantitative estimate of drug-likeness (QED) is 0.198. The van der Waals surface area contributed by atoms with Gasteiger partial charge < -0.3 is 20.5 Å². The summed E-state index contributed by atoms with van der Waals surface area (Å²) in [6, 6.07) is 12.3. The molecule has 0 saturated carbocycles. The van der Waals surface area contributed by atoms with Crippen LogP contribution in [0.25, 0.3) is 0 Å². The van der Waals surface area contributed by atoms with Crippen molar-refractivity contribution in [1.82, 2.24) is 14.9 Å². The fourth-order valence-electron chi connectivity index (χ4n) is 4.88. The number of aromatic nitrogens is 2. The zero-order chi connectivity index (χ0) is 28.8. The highest BCUT2D eigenvalue weighted by atomic mass is 35.5. The van der Waals surface area contributed by atoms with Gasteiger partial charge in [0.2, 0.25) is 5.95 Å². The summed E-state index contributed by atoms with van der Waals surface area (Å²) in [6.45, 7) is 12.1. The number of carbonyl (C=O) groups is 1. The number of piperidine rings is 1. The van der Waals surface area contributed by atoms with Gasteiger partial charge in [0, 0.05) is 10.1 Å². The lowest BCUT2D eigenvalue weighted by Gasteiger charge is -2.32. The molecule has 2 heterocycles. The van der Waals surface area contributed by atoms with E-state index < -0.39 is 5.97 Å². The first-order chi connectivity index (χ1) is 19.1.